The number of benzene rings is 2. The monoisotopic (exact) mass is 337 g/mol. The zero-order chi connectivity index (χ0) is 17.5. The Labute approximate surface area is 145 Å². The summed E-state index contributed by atoms with van der Waals surface area (Å²) >= 11 is 0. The Morgan fingerprint density at radius 2 is 1.88 bits per heavy atom. The van der Waals surface area contributed by atoms with Crippen molar-refractivity contribution in [3.05, 3.63) is 66.1 Å². The molecule has 0 aliphatic rings. The van der Waals surface area contributed by atoms with Crippen molar-refractivity contribution < 1.29 is 14.1 Å². The summed E-state index contributed by atoms with van der Waals surface area (Å²) in [5.41, 5.74) is 1.36. The molecule has 128 valence electrons. The van der Waals surface area contributed by atoms with Crippen LogP contribution in [0.4, 0.5) is 0 Å². The number of carbonyl (C=O) groups excluding carboxylic acids is 1. The lowest BCUT2D eigenvalue weighted by molar-refractivity contribution is 0.0948. The van der Waals surface area contributed by atoms with Gasteiger partial charge in [0, 0.05) is 12.1 Å². The van der Waals surface area contributed by atoms with Gasteiger partial charge >= 0.3 is 0 Å². The van der Waals surface area contributed by atoms with Gasteiger partial charge in [-0.15, -0.1) is 0 Å². The Morgan fingerprint density at radius 1 is 1.12 bits per heavy atom. The van der Waals surface area contributed by atoms with Gasteiger partial charge in [0.05, 0.1) is 5.56 Å². The molecule has 6 heteroatoms. The van der Waals surface area contributed by atoms with Crippen LogP contribution in [0.15, 0.2) is 59.1 Å². The van der Waals surface area contributed by atoms with E-state index >= 15 is 0 Å². The van der Waals surface area contributed by atoms with Gasteiger partial charge in [0.25, 0.3) is 11.8 Å². The standard InChI is InChI=1S/C19H19N3O3/c1-2-12-20-19(23)15-10-6-7-11-16(15)24-13-17-21-18(22-25-17)14-8-4-3-5-9-14/h3-11H,2,12-13H2,1H3,(H,20,23). The molecule has 0 aliphatic heterocycles. The van der Waals surface area contributed by atoms with E-state index in [1.54, 1.807) is 18.2 Å². The SMILES string of the molecule is CCCNC(=O)c1ccccc1OCc1nc(-c2ccccc2)no1. The maximum atomic E-state index is 12.2. The highest BCUT2D eigenvalue weighted by Crippen LogP contribution is 2.20. The number of amides is 1. The minimum atomic E-state index is -0.159. The van der Waals surface area contributed by atoms with Crippen LogP contribution in [0.5, 0.6) is 5.75 Å². The molecule has 25 heavy (non-hydrogen) atoms. The second kappa shape index (κ2) is 8.10. The lowest BCUT2D eigenvalue weighted by Gasteiger charge is -2.09. The number of para-hydroxylation sites is 1. The fourth-order valence-corrected chi connectivity index (χ4v) is 2.27. The second-order valence-corrected chi connectivity index (χ2v) is 5.42. The normalized spacial score (nSPS) is 10.4. The number of ether oxygens (including phenoxy) is 1. The third-order valence-electron chi connectivity index (χ3n) is 3.52. The van der Waals surface area contributed by atoms with Crippen molar-refractivity contribution in [3.8, 4) is 17.1 Å². The first kappa shape index (κ1) is 16.7. The first-order chi connectivity index (χ1) is 12.3. The molecule has 2 aromatic carbocycles. The van der Waals surface area contributed by atoms with E-state index in [0.29, 0.717) is 29.6 Å². The molecule has 0 saturated carbocycles. The molecule has 3 rings (SSSR count). The summed E-state index contributed by atoms with van der Waals surface area (Å²) < 4.78 is 10.9. The van der Waals surface area contributed by atoms with E-state index in [9.17, 15) is 4.79 Å². The summed E-state index contributed by atoms with van der Waals surface area (Å²) in [4.78, 5) is 16.5. The number of carbonyl (C=O) groups is 1. The molecule has 0 spiro atoms. The van der Waals surface area contributed by atoms with Crippen LogP contribution in [0.3, 0.4) is 0 Å². The molecular weight excluding hydrogens is 318 g/mol. The van der Waals surface area contributed by atoms with Gasteiger partial charge in [-0.3, -0.25) is 4.79 Å². The van der Waals surface area contributed by atoms with E-state index in [0.717, 1.165) is 12.0 Å². The number of nitrogens with one attached hydrogen (secondary N) is 1. The highest BCUT2D eigenvalue weighted by Gasteiger charge is 2.13. The van der Waals surface area contributed by atoms with Gasteiger partial charge in [-0.05, 0) is 18.6 Å². The molecule has 0 atom stereocenters. The summed E-state index contributed by atoms with van der Waals surface area (Å²) in [5.74, 6) is 1.18. The van der Waals surface area contributed by atoms with E-state index in [-0.39, 0.29) is 12.5 Å². The Bertz CT molecular complexity index is 831. The molecule has 0 bridgehead atoms. The van der Waals surface area contributed by atoms with E-state index in [1.165, 1.54) is 0 Å². The predicted molar refractivity (Wildman–Crippen MR) is 93.1 cm³/mol. The molecule has 0 saturated heterocycles. The van der Waals surface area contributed by atoms with Crippen LogP contribution in [0, 0.1) is 0 Å². The van der Waals surface area contributed by atoms with Crippen LogP contribution >= 0.6 is 0 Å². The number of nitrogens with zero attached hydrogens (tertiary/aromatic N) is 2. The quantitative estimate of drug-likeness (QED) is 0.714. The van der Waals surface area contributed by atoms with Gasteiger partial charge in [0.1, 0.15) is 5.75 Å². The van der Waals surface area contributed by atoms with Crippen LogP contribution in [0.2, 0.25) is 0 Å². The third kappa shape index (κ3) is 4.23. The molecule has 0 aliphatic carbocycles. The molecule has 0 fully saturated rings. The van der Waals surface area contributed by atoms with Gasteiger partial charge in [-0.1, -0.05) is 54.5 Å². The second-order valence-electron chi connectivity index (χ2n) is 5.42. The van der Waals surface area contributed by atoms with Gasteiger partial charge in [0.2, 0.25) is 5.82 Å². The van der Waals surface area contributed by atoms with E-state index in [4.69, 9.17) is 9.26 Å². The number of hydrogen-bond donors (Lipinski definition) is 1. The highest BCUT2D eigenvalue weighted by atomic mass is 16.5. The van der Waals surface area contributed by atoms with Crippen molar-refractivity contribution in [1.29, 1.82) is 0 Å². The maximum absolute atomic E-state index is 12.2. The molecule has 6 nitrogen and oxygen atoms in total. The molecule has 3 aromatic rings. The average Bonchev–Trinajstić information content (AvgIpc) is 3.14. The van der Waals surface area contributed by atoms with E-state index in [2.05, 4.69) is 15.5 Å². The number of aromatic nitrogens is 2. The average molecular weight is 337 g/mol. The van der Waals surface area contributed by atoms with Crippen LogP contribution < -0.4 is 10.1 Å². The Balaban J connectivity index is 1.68. The van der Waals surface area contributed by atoms with Gasteiger partial charge in [-0.25, -0.2) is 0 Å². The number of rotatable bonds is 7. The van der Waals surface area contributed by atoms with Crippen LogP contribution in [0.25, 0.3) is 11.4 Å². The first-order valence-corrected chi connectivity index (χ1v) is 8.16. The van der Waals surface area contributed by atoms with Crippen molar-refractivity contribution in [1.82, 2.24) is 15.5 Å². The summed E-state index contributed by atoms with van der Waals surface area (Å²) in [5, 5.41) is 6.79. The third-order valence-corrected chi connectivity index (χ3v) is 3.52. The summed E-state index contributed by atoms with van der Waals surface area (Å²) in [6, 6.07) is 16.6. The molecule has 0 unspecified atom stereocenters. The molecule has 1 heterocycles. The molecule has 1 amide bonds. The Kier molecular flexibility index (Phi) is 5.41. The van der Waals surface area contributed by atoms with Gasteiger partial charge in [0.15, 0.2) is 6.61 Å². The highest BCUT2D eigenvalue weighted by molar-refractivity contribution is 5.96. The largest absolute Gasteiger partial charge is 0.483 e. The molecule has 0 radical (unpaired) electrons. The van der Waals surface area contributed by atoms with Gasteiger partial charge < -0.3 is 14.6 Å². The predicted octanol–water partition coefficient (Wildman–Crippen LogP) is 3.46. The lowest BCUT2D eigenvalue weighted by Crippen LogP contribution is -2.24. The fourth-order valence-electron chi connectivity index (χ4n) is 2.27. The molecule has 1 N–H and O–H groups in total. The zero-order valence-electron chi connectivity index (χ0n) is 13.9. The van der Waals surface area contributed by atoms with Crippen molar-refractivity contribution in [3.63, 3.8) is 0 Å². The van der Waals surface area contributed by atoms with Crippen molar-refractivity contribution in [2.75, 3.05) is 6.54 Å². The zero-order valence-corrected chi connectivity index (χ0v) is 13.9. The van der Waals surface area contributed by atoms with E-state index < -0.39 is 0 Å². The smallest absolute Gasteiger partial charge is 0.264 e. The lowest BCUT2D eigenvalue weighted by atomic mass is 10.2. The molecular formula is C19H19N3O3. The maximum Gasteiger partial charge on any atom is 0.264 e. The van der Waals surface area contributed by atoms with Crippen molar-refractivity contribution in [2.24, 2.45) is 0 Å². The summed E-state index contributed by atoms with van der Waals surface area (Å²) in [6.07, 6.45) is 0.874. The van der Waals surface area contributed by atoms with Crippen LogP contribution in [0.1, 0.15) is 29.6 Å². The fraction of sp³-hybridized carbons (Fsp3) is 0.211. The van der Waals surface area contributed by atoms with Crippen molar-refractivity contribution in [2.45, 2.75) is 20.0 Å². The minimum Gasteiger partial charge on any atom is -0.483 e. The number of hydrogen-bond acceptors (Lipinski definition) is 5. The topological polar surface area (TPSA) is 77.2 Å². The minimum absolute atomic E-state index is 0.0951. The molecule has 1 aromatic heterocycles. The Morgan fingerprint density at radius 3 is 2.68 bits per heavy atom. The van der Waals surface area contributed by atoms with Gasteiger partial charge in [-0.2, -0.15) is 4.98 Å². The van der Waals surface area contributed by atoms with Crippen LogP contribution in [-0.4, -0.2) is 22.6 Å². The summed E-state index contributed by atoms with van der Waals surface area (Å²) in [7, 11) is 0. The van der Waals surface area contributed by atoms with Crippen molar-refractivity contribution >= 4 is 5.91 Å². The van der Waals surface area contributed by atoms with Crippen LogP contribution in [-0.2, 0) is 6.61 Å². The Hall–Kier alpha value is -3.15. The summed E-state index contributed by atoms with van der Waals surface area (Å²) in [6.45, 7) is 2.72. The van der Waals surface area contributed by atoms with E-state index in [1.807, 2.05) is 43.3 Å². The first-order valence-electron chi connectivity index (χ1n) is 8.16.